The van der Waals surface area contributed by atoms with Gasteiger partial charge < -0.3 is 9.30 Å². The number of hydrogen-bond acceptors (Lipinski definition) is 4. The first kappa shape index (κ1) is 14.6. The third-order valence-electron chi connectivity index (χ3n) is 4.19. The van der Waals surface area contributed by atoms with Gasteiger partial charge in [-0.1, -0.05) is 0 Å². The molecule has 0 aromatic carbocycles. The molecule has 2 fully saturated rings. The number of nitrogens with zero attached hydrogens (tertiary/aromatic N) is 2. The van der Waals surface area contributed by atoms with E-state index in [0.717, 1.165) is 18.5 Å². The maximum Gasteiger partial charge on any atom is 0.254 e. The van der Waals surface area contributed by atoms with Crippen molar-refractivity contribution in [3.05, 3.63) is 28.2 Å². The summed E-state index contributed by atoms with van der Waals surface area (Å²) in [6, 6.07) is 3.25. The third-order valence-corrected chi connectivity index (χ3v) is 6.56. The van der Waals surface area contributed by atoms with Gasteiger partial charge >= 0.3 is 0 Å². The number of aromatic nitrogens is 1. The fourth-order valence-electron chi connectivity index (χ4n) is 2.60. The van der Waals surface area contributed by atoms with Crippen LogP contribution in [0.3, 0.4) is 0 Å². The van der Waals surface area contributed by atoms with Crippen LogP contribution in [0.15, 0.2) is 16.9 Å². The van der Waals surface area contributed by atoms with Gasteiger partial charge in [-0.15, -0.1) is 0 Å². The van der Waals surface area contributed by atoms with Gasteiger partial charge in [0, 0.05) is 25.4 Å². The summed E-state index contributed by atoms with van der Waals surface area (Å²) in [7, 11) is -1.42. The molecule has 1 aliphatic heterocycles. The van der Waals surface area contributed by atoms with E-state index in [-0.39, 0.29) is 16.9 Å². The van der Waals surface area contributed by atoms with Crippen molar-refractivity contribution in [3.8, 4) is 5.75 Å². The van der Waals surface area contributed by atoms with E-state index in [4.69, 9.17) is 4.74 Å². The Balaban J connectivity index is 1.69. The minimum atomic E-state index is -3.13. The van der Waals surface area contributed by atoms with Crippen molar-refractivity contribution < 1.29 is 13.2 Å². The lowest BCUT2D eigenvalue weighted by Gasteiger charge is -2.17. The molecule has 7 heteroatoms. The standard InChI is InChI=1S/C14H20N2O4S/c1-10-7-12(8-14(17)15(10)2)20-11-5-6-16(9-11)21(18,19)13-3-4-13/h7-8,11,13H,3-6,9H2,1-2H3/t11-/m1/s1. The molecule has 0 N–H and O–H groups in total. The smallest absolute Gasteiger partial charge is 0.254 e. The van der Waals surface area contributed by atoms with Gasteiger partial charge in [-0.3, -0.25) is 4.79 Å². The SMILES string of the molecule is Cc1cc(O[C@@H]2CCN(S(=O)(=O)C3CC3)C2)cc(=O)n1C. The van der Waals surface area contributed by atoms with E-state index in [1.54, 1.807) is 17.7 Å². The Morgan fingerprint density at radius 1 is 1.24 bits per heavy atom. The van der Waals surface area contributed by atoms with Crippen molar-refractivity contribution in [1.29, 1.82) is 0 Å². The first-order valence-corrected chi connectivity index (χ1v) is 8.71. The van der Waals surface area contributed by atoms with Gasteiger partial charge in [-0.2, -0.15) is 4.31 Å². The van der Waals surface area contributed by atoms with Crippen LogP contribution in [-0.2, 0) is 17.1 Å². The van der Waals surface area contributed by atoms with Crippen molar-refractivity contribution in [2.24, 2.45) is 7.05 Å². The van der Waals surface area contributed by atoms with Crippen molar-refractivity contribution in [2.75, 3.05) is 13.1 Å². The van der Waals surface area contributed by atoms with Crippen molar-refractivity contribution in [2.45, 2.75) is 37.5 Å². The first-order chi connectivity index (χ1) is 9.88. The second kappa shape index (κ2) is 5.14. The van der Waals surface area contributed by atoms with Crippen LogP contribution < -0.4 is 10.3 Å². The zero-order valence-electron chi connectivity index (χ0n) is 12.3. The lowest BCUT2D eigenvalue weighted by atomic mass is 10.3. The highest BCUT2D eigenvalue weighted by Crippen LogP contribution is 2.33. The van der Waals surface area contributed by atoms with Crippen LogP contribution in [0, 0.1) is 6.92 Å². The largest absolute Gasteiger partial charge is 0.489 e. The Morgan fingerprint density at radius 3 is 2.57 bits per heavy atom. The predicted octanol–water partition coefficient (Wildman–Crippen LogP) is 0.639. The Bertz CT molecular complexity index is 706. The van der Waals surface area contributed by atoms with Crippen LogP contribution in [0.25, 0.3) is 0 Å². The van der Waals surface area contributed by atoms with E-state index in [2.05, 4.69) is 0 Å². The molecule has 0 amide bonds. The number of aryl methyl sites for hydroxylation is 1. The highest BCUT2D eigenvalue weighted by molar-refractivity contribution is 7.90. The molecule has 0 unspecified atom stereocenters. The summed E-state index contributed by atoms with van der Waals surface area (Å²) in [5.74, 6) is 0.520. The van der Waals surface area contributed by atoms with E-state index in [1.807, 2.05) is 6.92 Å². The molecule has 0 bridgehead atoms. The van der Waals surface area contributed by atoms with Crippen LogP contribution in [0.5, 0.6) is 5.75 Å². The molecule has 1 saturated heterocycles. The quantitative estimate of drug-likeness (QED) is 0.818. The van der Waals surface area contributed by atoms with Crippen LogP contribution >= 0.6 is 0 Å². The fraction of sp³-hybridized carbons (Fsp3) is 0.643. The minimum absolute atomic E-state index is 0.120. The summed E-state index contributed by atoms with van der Waals surface area (Å²) < 4.78 is 33.2. The van der Waals surface area contributed by atoms with E-state index >= 15 is 0 Å². The first-order valence-electron chi connectivity index (χ1n) is 7.21. The van der Waals surface area contributed by atoms with Gasteiger partial charge in [0.25, 0.3) is 5.56 Å². The second-order valence-electron chi connectivity index (χ2n) is 5.86. The Morgan fingerprint density at radius 2 is 1.95 bits per heavy atom. The molecular weight excluding hydrogens is 292 g/mol. The van der Waals surface area contributed by atoms with Gasteiger partial charge in [0.05, 0.1) is 11.8 Å². The molecule has 2 aliphatic rings. The lowest BCUT2D eigenvalue weighted by molar-refractivity contribution is 0.214. The number of sulfonamides is 1. The Labute approximate surface area is 124 Å². The van der Waals surface area contributed by atoms with Gasteiger partial charge in [0.2, 0.25) is 10.0 Å². The zero-order valence-corrected chi connectivity index (χ0v) is 13.1. The molecule has 6 nitrogen and oxygen atoms in total. The van der Waals surface area contributed by atoms with Crippen LogP contribution in [0.1, 0.15) is 25.0 Å². The van der Waals surface area contributed by atoms with Crippen LogP contribution in [0.4, 0.5) is 0 Å². The van der Waals surface area contributed by atoms with Crippen molar-refractivity contribution in [3.63, 3.8) is 0 Å². The molecule has 1 atom stereocenters. The average Bonchev–Trinajstić information content (AvgIpc) is 3.17. The molecule has 0 spiro atoms. The summed E-state index contributed by atoms with van der Waals surface area (Å²) >= 11 is 0. The lowest BCUT2D eigenvalue weighted by Crippen LogP contribution is -2.33. The maximum absolute atomic E-state index is 12.2. The molecule has 21 heavy (non-hydrogen) atoms. The van der Waals surface area contributed by atoms with Crippen molar-refractivity contribution >= 4 is 10.0 Å². The zero-order chi connectivity index (χ0) is 15.2. The molecule has 3 rings (SSSR count). The number of ether oxygens (including phenoxy) is 1. The Kier molecular flexibility index (Phi) is 3.57. The summed E-state index contributed by atoms with van der Waals surface area (Å²) in [5, 5.41) is -0.178. The minimum Gasteiger partial charge on any atom is -0.489 e. The molecule has 1 aliphatic carbocycles. The summed E-state index contributed by atoms with van der Waals surface area (Å²) in [6.45, 7) is 2.73. The van der Waals surface area contributed by atoms with Gasteiger partial charge in [-0.25, -0.2) is 8.42 Å². The molecule has 116 valence electrons. The normalized spacial score (nSPS) is 23.4. The Hall–Kier alpha value is -1.34. The van der Waals surface area contributed by atoms with Gasteiger partial charge in [-0.05, 0) is 32.3 Å². The molecule has 1 saturated carbocycles. The summed E-state index contributed by atoms with van der Waals surface area (Å²) in [4.78, 5) is 11.7. The number of rotatable bonds is 4. The monoisotopic (exact) mass is 312 g/mol. The topological polar surface area (TPSA) is 68.6 Å². The van der Waals surface area contributed by atoms with Gasteiger partial charge in [0.15, 0.2) is 0 Å². The average molecular weight is 312 g/mol. The molecule has 1 aromatic rings. The summed E-state index contributed by atoms with van der Waals surface area (Å²) in [6.07, 6.45) is 2.04. The molecule has 0 radical (unpaired) electrons. The highest BCUT2D eigenvalue weighted by atomic mass is 32.2. The maximum atomic E-state index is 12.2. The molecular formula is C14H20N2O4S. The number of hydrogen-bond donors (Lipinski definition) is 0. The molecule has 1 aromatic heterocycles. The predicted molar refractivity (Wildman–Crippen MR) is 79.0 cm³/mol. The van der Waals surface area contributed by atoms with E-state index < -0.39 is 10.0 Å². The third kappa shape index (κ3) is 2.85. The second-order valence-corrected chi connectivity index (χ2v) is 8.07. The van der Waals surface area contributed by atoms with E-state index in [9.17, 15) is 13.2 Å². The molecule has 2 heterocycles. The highest BCUT2D eigenvalue weighted by Gasteiger charge is 2.43. The fourth-order valence-corrected chi connectivity index (χ4v) is 4.49. The number of pyridine rings is 1. The van der Waals surface area contributed by atoms with Crippen molar-refractivity contribution in [1.82, 2.24) is 8.87 Å². The van der Waals surface area contributed by atoms with E-state index in [0.29, 0.717) is 25.3 Å². The summed E-state index contributed by atoms with van der Waals surface area (Å²) in [5.41, 5.74) is 0.698. The van der Waals surface area contributed by atoms with E-state index in [1.165, 1.54) is 10.4 Å². The van der Waals surface area contributed by atoms with Gasteiger partial charge in [0.1, 0.15) is 11.9 Å². The van der Waals surface area contributed by atoms with Crippen LogP contribution in [0.2, 0.25) is 0 Å². The van der Waals surface area contributed by atoms with Crippen LogP contribution in [-0.4, -0.2) is 41.7 Å².